The summed E-state index contributed by atoms with van der Waals surface area (Å²) in [6.07, 6.45) is -2.89. The van der Waals surface area contributed by atoms with Crippen molar-refractivity contribution in [3.8, 4) is 0 Å². The molecule has 0 aliphatic carbocycles. The van der Waals surface area contributed by atoms with E-state index in [1.54, 1.807) is 18.2 Å². The molecule has 0 radical (unpaired) electrons. The van der Waals surface area contributed by atoms with Crippen LogP contribution in [0.15, 0.2) is 71.3 Å². The average molecular weight is 388 g/mol. The summed E-state index contributed by atoms with van der Waals surface area (Å²) in [6, 6.07) is 15.2. The molecule has 0 bridgehead atoms. The molecule has 0 unspecified atom stereocenters. The largest absolute Gasteiger partial charge is 0.467 e. The number of carbonyl (C=O) groups excluding carboxylic acids is 1. The topological polar surface area (TPSA) is 45.5 Å². The number of rotatable bonds is 5. The average Bonchev–Trinajstić information content (AvgIpc) is 3.16. The standard InChI is InChI=1S/C21H19F3N2O2/c1-15-5-2-3-7-19(15)25-20(27)26(14-18-6-4-12-28-18)13-16-8-10-17(11-9-16)21(22,23)24/h2-12H,13-14H2,1H3,(H,25,27). The smallest absolute Gasteiger partial charge is 0.416 e. The van der Waals surface area contributed by atoms with Crippen LogP contribution in [0.25, 0.3) is 0 Å². The Morgan fingerprint density at radius 3 is 2.32 bits per heavy atom. The highest BCUT2D eigenvalue weighted by Gasteiger charge is 2.30. The van der Waals surface area contributed by atoms with Crippen LogP contribution < -0.4 is 5.32 Å². The van der Waals surface area contributed by atoms with E-state index >= 15 is 0 Å². The normalized spacial score (nSPS) is 11.3. The van der Waals surface area contributed by atoms with Gasteiger partial charge in [0.05, 0.1) is 18.4 Å². The molecule has 3 aromatic rings. The number of aryl methyl sites for hydroxylation is 1. The van der Waals surface area contributed by atoms with E-state index in [9.17, 15) is 18.0 Å². The first-order valence-electron chi connectivity index (χ1n) is 8.63. The second-order valence-corrected chi connectivity index (χ2v) is 6.38. The number of hydrogen-bond acceptors (Lipinski definition) is 2. The molecule has 1 aromatic heterocycles. The Hall–Kier alpha value is -3.22. The zero-order valence-corrected chi connectivity index (χ0v) is 15.2. The van der Waals surface area contributed by atoms with Crippen molar-refractivity contribution in [3.63, 3.8) is 0 Å². The van der Waals surface area contributed by atoms with Gasteiger partial charge in [0.25, 0.3) is 0 Å². The van der Waals surface area contributed by atoms with E-state index in [-0.39, 0.29) is 19.1 Å². The number of para-hydroxylation sites is 1. The molecule has 2 aromatic carbocycles. The highest BCUT2D eigenvalue weighted by atomic mass is 19.4. The van der Waals surface area contributed by atoms with Crippen LogP contribution in [-0.4, -0.2) is 10.9 Å². The molecule has 0 saturated carbocycles. The molecule has 0 spiro atoms. The summed E-state index contributed by atoms with van der Waals surface area (Å²) >= 11 is 0. The van der Waals surface area contributed by atoms with Crippen LogP contribution in [0.3, 0.4) is 0 Å². The maximum absolute atomic E-state index is 12.8. The summed E-state index contributed by atoms with van der Waals surface area (Å²) < 4.78 is 43.6. The highest BCUT2D eigenvalue weighted by molar-refractivity contribution is 5.90. The SMILES string of the molecule is Cc1ccccc1NC(=O)N(Cc1ccc(C(F)(F)F)cc1)Cc1ccco1. The maximum Gasteiger partial charge on any atom is 0.416 e. The molecule has 28 heavy (non-hydrogen) atoms. The van der Waals surface area contributed by atoms with Crippen LogP contribution in [0, 0.1) is 6.92 Å². The molecule has 3 rings (SSSR count). The van der Waals surface area contributed by atoms with Gasteiger partial charge in [-0.1, -0.05) is 30.3 Å². The second kappa shape index (κ2) is 8.21. The third-order valence-electron chi connectivity index (χ3n) is 4.26. The summed E-state index contributed by atoms with van der Waals surface area (Å²) in [5, 5.41) is 2.84. The number of halogens is 3. The van der Waals surface area contributed by atoms with Crippen LogP contribution in [-0.2, 0) is 19.3 Å². The zero-order valence-electron chi connectivity index (χ0n) is 15.2. The van der Waals surface area contributed by atoms with E-state index < -0.39 is 11.7 Å². The molecule has 0 saturated heterocycles. The Bertz CT molecular complexity index is 920. The summed E-state index contributed by atoms with van der Waals surface area (Å²) in [5.74, 6) is 0.576. The predicted molar refractivity (Wildman–Crippen MR) is 99.6 cm³/mol. The first kappa shape index (κ1) is 19.5. The predicted octanol–water partition coefficient (Wildman–Crippen LogP) is 5.84. The molecule has 2 amide bonds. The fourth-order valence-corrected chi connectivity index (χ4v) is 2.72. The Morgan fingerprint density at radius 2 is 1.71 bits per heavy atom. The lowest BCUT2D eigenvalue weighted by Gasteiger charge is -2.23. The van der Waals surface area contributed by atoms with E-state index in [0.29, 0.717) is 17.0 Å². The Kier molecular flexibility index (Phi) is 5.73. The van der Waals surface area contributed by atoms with Crippen LogP contribution in [0.2, 0.25) is 0 Å². The van der Waals surface area contributed by atoms with Crippen molar-refractivity contribution in [2.24, 2.45) is 0 Å². The van der Waals surface area contributed by atoms with Gasteiger partial charge in [-0.2, -0.15) is 13.2 Å². The molecule has 0 aliphatic heterocycles. The first-order chi connectivity index (χ1) is 13.3. The lowest BCUT2D eigenvalue weighted by molar-refractivity contribution is -0.137. The molecule has 0 atom stereocenters. The Balaban J connectivity index is 1.78. The first-order valence-corrected chi connectivity index (χ1v) is 8.63. The summed E-state index contributed by atoms with van der Waals surface area (Å²) in [6.45, 7) is 2.20. The monoisotopic (exact) mass is 388 g/mol. The molecule has 7 heteroatoms. The van der Waals surface area contributed by atoms with E-state index in [4.69, 9.17) is 4.42 Å². The summed E-state index contributed by atoms with van der Waals surface area (Å²) in [7, 11) is 0. The number of hydrogen-bond donors (Lipinski definition) is 1. The van der Waals surface area contributed by atoms with Crippen molar-refractivity contribution >= 4 is 11.7 Å². The quantitative estimate of drug-likeness (QED) is 0.597. The van der Waals surface area contributed by atoms with Gasteiger partial charge in [0.2, 0.25) is 0 Å². The van der Waals surface area contributed by atoms with Gasteiger partial charge in [-0.15, -0.1) is 0 Å². The number of carbonyl (C=O) groups is 1. The minimum Gasteiger partial charge on any atom is -0.467 e. The van der Waals surface area contributed by atoms with Gasteiger partial charge in [-0.25, -0.2) is 4.79 Å². The van der Waals surface area contributed by atoms with Gasteiger partial charge in [0.15, 0.2) is 0 Å². The fraction of sp³-hybridized carbons (Fsp3) is 0.190. The molecule has 146 valence electrons. The number of nitrogens with one attached hydrogen (secondary N) is 1. The third kappa shape index (κ3) is 4.94. The van der Waals surface area contributed by atoms with Crippen molar-refractivity contribution < 1.29 is 22.4 Å². The Morgan fingerprint density at radius 1 is 1.00 bits per heavy atom. The van der Waals surface area contributed by atoms with E-state index in [1.807, 2.05) is 25.1 Å². The van der Waals surface area contributed by atoms with Crippen LogP contribution >= 0.6 is 0 Å². The van der Waals surface area contributed by atoms with Crippen molar-refractivity contribution in [3.05, 3.63) is 89.4 Å². The minimum absolute atomic E-state index is 0.135. The molecule has 0 aliphatic rings. The van der Waals surface area contributed by atoms with Gasteiger partial charge in [-0.05, 0) is 48.4 Å². The van der Waals surface area contributed by atoms with Crippen molar-refractivity contribution in [1.82, 2.24) is 4.90 Å². The number of amides is 2. The molecular weight excluding hydrogens is 369 g/mol. The lowest BCUT2D eigenvalue weighted by Crippen LogP contribution is -2.34. The van der Waals surface area contributed by atoms with E-state index in [1.165, 1.54) is 23.3 Å². The second-order valence-electron chi connectivity index (χ2n) is 6.38. The molecule has 1 heterocycles. The van der Waals surface area contributed by atoms with Crippen molar-refractivity contribution in [2.45, 2.75) is 26.2 Å². The van der Waals surface area contributed by atoms with Gasteiger partial charge in [0, 0.05) is 12.2 Å². The molecular formula is C21H19F3N2O2. The van der Waals surface area contributed by atoms with Gasteiger partial charge < -0.3 is 14.6 Å². The Labute approximate surface area is 160 Å². The van der Waals surface area contributed by atoms with Crippen molar-refractivity contribution in [2.75, 3.05) is 5.32 Å². The maximum atomic E-state index is 12.8. The van der Waals surface area contributed by atoms with Crippen molar-refractivity contribution in [1.29, 1.82) is 0 Å². The number of nitrogens with zero attached hydrogens (tertiary/aromatic N) is 1. The fourth-order valence-electron chi connectivity index (χ4n) is 2.72. The molecule has 0 fully saturated rings. The van der Waals surface area contributed by atoms with Gasteiger partial charge >= 0.3 is 12.2 Å². The lowest BCUT2D eigenvalue weighted by atomic mass is 10.1. The number of furan rings is 1. The summed E-state index contributed by atoms with van der Waals surface area (Å²) in [5.41, 5.74) is 1.44. The number of benzene rings is 2. The van der Waals surface area contributed by atoms with E-state index in [2.05, 4.69) is 5.32 Å². The third-order valence-corrected chi connectivity index (χ3v) is 4.26. The van der Waals surface area contributed by atoms with Crippen LogP contribution in [0.4, 0.5) is 23.7 Å². The number of alkyl halides is 3. The minimum atomic E-state index is -4.39. The van der Waals surface area contributed by atoms with Gasteiger partial charge in [-0.3, -0.25) is 0 Å². The number of urea groups is 1. The summed E-state index contributed by atoms with van der Waals surface area (Å²) in [4.78, 5) is 14.3. The molecule has 4 nitrogen and oxygen atoms in total. The van der Waals surface area contributed by atoms with E-state index in [0.717, 1.165) is 17.7 Å². The highest BCUT2D eigenvalue weighted by Crippen LogP contribution is 2.29. The number of anilines is 1. The zero-order chi connectivity index (χ0) is 20.1. The van der Waals surface area contributed by atoms with Crippen LogP contribution in [0.1, 0.15) is 22.5 Å². The van der Waals surface area contributed by atoms with Crippen LogP contribution in [0.5, 0.6) is 0 Å². The molecule has 1 N–H and O–H groups in total. The van der Waals surface area contributed by atoms with Gasteiger partial charge in [0.1, 0.15) is 5.76 Å².